The average molecular weight is 297 g/mol. The molecule has 6 heteroatoms. The third kappa shape index (κ3) is 3.84. The number of amides is 1. The van der Waals surface area contributed by atoms with Gasteiger partial charge in [-0.1, -0.05) is 11.6 Å². The standard InChI is InChI=1S/C14H21ClN4O/c1-16-12-6-5-11(15)13(18-12)14(20)17-8-10-4-3-7-19(2)9-10/h5-6,10H,3-4,7-9H2,1-2H3,(H,16,18)(H,17,20). The second-order valence-electron chi connectivity index (χ2n) is 5.26. The van der Waals surface area contributed by atoms with E-state index in [1.54, 1.807) is 19.2 Å². The number of nitrogens with zero attached hydrogens (tertiary/aromatic N) is 2. The van der Waals surface area contributed by atoms with E-state index in [0.717, 1.165) is 19.5 Å². The monoisotopic (exact) mass is 296 g/mol. The molecule has 0 spiro atoms. The molecule has 1 aromatic heterocycles. The third-order valence-corrected chi connectivity index (χ3v) is 3.90. The smallest absolute Gasteiger partial charge is 0.271 e. The summed E-state index contributed by atoms with van der Waals surface area (Å²) in [5.41, 5.74) is 0.280. The summed E-state index contributed by atoms with van der Waals surface area (Å²) in [7, 11) is 3.87. The minimum atomic E-state index is -0.208. The minimum absolute atomic E-state index is 0.208. The summed E-state index contributed by atoms with van der Waals surface area (Å²) >= 11 is 6.03. The summed E-state index contributed by atoms with van der Waals surface area (Å²) in [5.74, 6) is 0.932. The highest BCUT2D eigenvalue weighted by molar-refractivity contribution is 6.33. The maximum absolute atomic E-state index is 12.2. The van der Waals surface area contributed by atoms with Crippen molar-refractivity contribution in [1.29, 1.82) is 0 Å². The van der Waals surface area contributed by atoms with Crippen molar-refractivity contribution in [2.24, 2.45) is 5.92 Å². The zero-order chi connectivity index (χ0) is 14.5. The van der Waals surface area contributed by atoms with Crippen LogP contribution in [0.4, 0.5) is 5.82 Å². The Morgan fingerprint density at radius 2 is 2.35 bits per heavy atom. The summed E-state index contributed by atoms with van der Waals surface area (Å²) < 4.78 is 0. The zero-order valence-electron chi connectivity index (χ0n) is 11.9. The van der Waals surface area contributed by atoms with Gasteiger partial charge in [-0.15, -0.1) is 0 Å². The van der Waals surface area contributed by atoms with Crippen molar-refractivity contribution in [2.45, 2.75) is 12.8 Å². The van der Waals surface area contributed by atoms with Crippen LogP contribution in [0, 0.1) is 5.92 Å². The topological polar surface area (TPSA) is 57.3 Å². The molecule has 1 aromatic rings. The first-order valence-electron chi connectivity index (χ1n) is 6.91. The van der Waals surface area contributed by atoms with Gasteiger partial charge in [0.25, 0.3) is 5.91 Å². The maximum atomic E-state index is 12.2. The Hall–Kier alpha value is -1.33. The van der Waals surface area contributed by atoms with Crippen LogP contribution in [0.5, 0.6) is 0 Å². The normalized spacial score (nSPS) is 19.6. The lowest BCUT2D eigenvalue weighted by atomic mass is 9.98. The molecule has 0 radical (unpaired) electrons. The van der Waals surface area contributed by atoms with Crippen LogP contribution in [0.3, 0.4) is 0 Å². The van der Waals surface area contributed by atoms with Gasteiger partial charge in [0.1, 0.15) is 11.5 Å². The van der Waals surface area contributed by atoms with Gasteiger partial charge >= 0.3 is 0 Å². The number of rotatable bonds is 4. The predicted molar refractivity (Wildman–Crippen MR) is 81.3 cm³/mol. The van der Waals surface area contributed by atoms with Crippen molar-refractivity contribution in [1.82, 2.24) is 15.2 Å². The summed E-state index contributed by atoms with van der Waals surface area (Å²) in [4.78, 5) is 18.7. The Balaban J connectivity index is 1.94. The number of pyridine rings is 1. The van der Waals surface area contributed by atoms with E-state index in [1.165, 1.54) is 6.42 Å². The van der Waals surface area contributed by atoms with Crippen molar-refractivity contribution >= 4 is 23.3 Å². The second kappa shape index (κ2) is 6.90. The van der Waals surface area contributed by atoms with Crippen LogP contribution in [-0.4, -0.2) is 49.5 Å². The Bertz CT molecular complexity index is 480. The predicted octanol–water partition coefficient (Wildman–Crippen LogP) is 1.85. The van der Waals surface area contributed by atoms with Crippen LogP contribution in [-0.2, 0) is 0 Å². The van der Waals surface area contributed by atoms with E-state index >= 15 is 0 Å². The summed E-state index contributed by atoms with van der Waals surface area (Å²) in [5, 5.41) is 6.22. The second-order valence-corrected chi connectivity index (χ2v) is 5.66. The highest BCUT2D eigenvalue weighted by Crippen LogP contribution is 2.17. The summed E-state index contributed by atoms with van der Waals surface area (Å²) in [6.45, 7) is 2.84. The maximum Gasteiger partial charge on any atom is 0.271 e. The van der Waals surface area contributed by atoms with Crippen molar-refractivity contribution in [3.05, 3.63) is 22.8 Å². The molecule has 2 heterocycles. The number of hydrogen-bond donors (Lipinski definition) is 2. The van der Waals surface area contributed by atoms with E-state index in [4.69, 9.17) is 11.6 Å². The first-order chi connectivity index (χ1) is 9.60. The highest BCUT2D eigenvalue weighted by Gasteiger charge is 2.19. The minimum Gasteiger partial charge on any atom is -0.373 e. The van der Waals surface area contributed by atoms with Gasteiger partial charge in [0, 0.05) is 20.1 Å². The molecule has 2 N–H and O–H groups in total. The van der Waals surface area contributed by atoms with Gasteiger partial charge in [-0.2, -0.15) is 0 Å². The number of hydrogen-bond acceptors (Lipinski definition) is 4. The molecule has 110 valence electrons. The third-order valence-electron chi connectivity index (χ3n) is 3.59. The molecular formula is C14H21ClN4O. The van der Waals surface area contributed by atoms with Gasteiger partial charge in [-0.05, 0) is 44.5 Å². The number of carbonyl (C=O) groups excluding carboxylic acids is 1. The number of likely N-dealkylation sites (tertiary alicyclic amines) is 1. The van der Waals surface area contributed by atoms with Crippen LogP contribution in [0.25, 0.3) is 0 Å². The molecule has 1 saturated heterocycles. The number of aromatic nitrogens is 1. The van der Waals surface area contributed by atoms with Gasteiger partial charge in [0.05, 0.1) is 5.02 Å². The lowest BCUT2D eigenvalue weighted by Gasteiger charge is -2.29. The SMILES string of the molecule is CNc1ccc(Cl)c(C(=O)NCC2CCCN(C)C2)n1. The van der Waals surface area contributed by atoms with Crippen LogP contribution in [0.2, 0.25) is 5.02 Å². The first-order valence-corrected chi connectivity index (χ1v) is 7.29. The van der Waals surface area contributed by atoms with Gasteiger partial charge in [0.15, 0.2) is 0 Å². The Labute approximate surface area is 124 Å². The summed E-state index contributed by atoms with van der Waals surface area (Å²) in [6.07, 6.45) is 2.34. The van der Waals surface area contributed by atoms with Crippen molar-refractivity contribution in [3.63, 3.8) is 0 Å². The van der Waals surface area contributed by atoms with Gasteiger partial charge in [-0.3, -0.25) is 4.79 Å². The molecule has 5 nitrogen and oxygen atoms in total. The Morgan fingerprint density at radius 3 is 3.05 bits per heavy atom. The molecule has 0 saturated carbocycles. The number of carbonyl (C=O) groups is 1. The molecule has 2 rings (SSSR count). The molecule has 0 bridgehead atoms. The molecule has 20 heavy (non-hydrogen) atoms. The summed E-state index contributed by atoms with van der Waals surface area (Å²) in [6, 6.07) is 3.43. The number of nitrogens with one attached hydrogen (secondary N) is 2. The van der Waals surface area contributed by atoms with Crippen LogP contribution >= 0.6 is 11.6 Å². The van der Waals surface area contributed by atoms with Crippen molar-refractivity contribution in [2.75, 3.05) is 39.0 Å². The zero-order valence-corrected chi connectivity index (χ0v) is 12.7. The van der Waals surface area contributed by atoms with Crippen LogP contribution in [0.1, 0.15) is 23.3 Å². The molecule has 1 amide bonds. The molecule has 0 aliphatic carbocycles. The molecule has 1 aliphatic heterocycles. The van der Waals surface area contributed by atoms with E-state index < -0.39 is 0 Å². The van der Waals surface area contributed by atoms with Crippen molar-refractivity contribution < 1.29 is 4.79 Å². The van der Waals surface area contributed by atoms with E-state index in [9.17, 15) is 4.79 Å². The molecular weight excluding hydrogens is 276 g/mol. The first kappa shape index (κ1) is 15.1. The fourth-order valence-electron chi connectivity index (χ4n) is 2.50. The Morgan fingerprint density at radius 1 is 1.55 bits per heavy atom. The fraction of sp³-hybridized carbons (Fsp3) is 0.571. The number of piperidine rings is 1. The number of halogens is 1. The van der Waals surface area contributed by atoms with Crippen LogP contribution < -0.4 is 10.6 Å². The van der Waals surface area contributed by atoms with Crippen molar-refractivity contribution in [3.8, 4) is 0 Å². The highest BCUT2D eigenvalue weighted by atomic mass is 35.5. The number of anilines is 1. The lowest BCUT2D eigenvalue weighted by Crippen LogP contribution is -2.39. The van der Waals surface area contributed by atoms with Gasteiger partial charge in [-0.25, -0.2) is 4.98 Å². The van der Waals surface area contributed by atoms with E-state index in [1.807, 2.05) is 0 Å². The largest absolute Gasteiger partial charge is 0.373 e. The molecule has 0 aromatic carbocycles. The molecule has 1 fully saturated rings. The Kier molecular flexibility index (Phi) is 5.20. The molecule has 1 atom stereocenters. The quantitative estimate of drug-likeness (QED) is 0.890. The van der Waals surface area contributed by atoms with Gasteiger partial charge < -0.3 is 15.5 Å². The van der Waals surface area contributed by atoms with E-state index in [0.29, 0.717) is 23.3 Å². The van der Waals surface area contributed by atoms with E-state index in [-0.39, 0.29) is 11.6 Å². The van der Waals surface area contributed by atoms with Crippen LogP contribution in [0.15, 0.2) is 12.1 Å². The van der Waals surface area contributed by atoms with E-state index in [2.05, 4.69) is 27.6 Å². The van der Waals surface area contributed by atoms with Gasteiger partial charge in [0.2, 0.25) is 0 Å². The fourth-order valence-corrected chi connectivity index (χ4v) is 2.69. The average Bonchev–Trinajstić information content (AvgIpc) is 2.45. The molecule has 1 unspecified atom stereocenters. The lowest BCUT2D eigenvalue weighted by molar-refractivity contribution is 0.0932. The molecule has 1 aliphatic rings.